The third-order valence-electron chi connectivity index (χ3n) is 6.74. The van der Waals surface area contributed by atoms with Crippen LogP contribution in [-0.4, -0.2) is 54.2 Å². The predicted molar refractivity (Wildman–Crippen MR) is 124 cm³/mol. The molecule has 0 saturated carbocycles. The molecular formula is C26H28N2O5. The molecule has 2 aromatic rings. The lowest BCUT2D eigenvalue weighted by Gasteiger charge is -2.46. The molecule has 0 aromatic heterocycles. The summed E-state index contributed by atoms with van der Waals surface area (Å²) in [6.07, 6.45) is 1.56. The minimum absolute atomic E-state index is 0.0125. The molecule has 0 unspecified atom stereocenters. The average Bonchev–Trinajstić information content (AvgIpc) is 3.10. The van der Waals surface area contributed by atoms with Gasteiger partial charge in [-0.1, -0.05) is 61.5 Å². The molecule has 1 aliphatic heterocycles. The largest absolute Gasteiger partial charge is 0.481 e. The SMILES string of the molecule is CCC1(C(=O)O)CN(C(=O)/C(C)=C/CNC(=O)OCC2c3ccccc3-c3ccccc32)C1. The quantitative estimate of drug-likeness (QED) is 0.629. The van der Waals surface area contributed by atoms with Gasteiger partial charge in [0.15, 0.2) is 0 Å². The number of aliphatic carboxylic acids is 1. The van der Waals surface area contributed by atoms with Crippen molar-refractivity contribution in [3.63, 3.8) is 0 Å². The van der Waals surface area contributed by atoms with E-state index in [9.17, 15) is 19.5 Å². The summed E-state index contributed by atoms with van der Waals surface area (Å²) in [5.74, 6) is -1.09. The number of alkyl carbamates (subject to hydrolysis) is 1. The normalized spacial score (nSPS) is 16.4. The van der Waals surface area contributed by atoms with Crippen molar-refractivity contribution >= 4 is 18.0 Å². The second-order valence-corrected chi connectivity index (χ2v) is 8.69. The smallest absolute Gasteiger partial charge is 0.407 e. The monoisotopic (exact) mass is 448 g/mol. The van der Waals surface area contributed by atoms with Crippen molar-refractivity contribution in [2.45, 2.75) is 26.2 Å². The van der Waals surface area contributed by atoms with Gasteiger partial charge in [0.05, 0.1) is 0 Å². The summed E-state index contributed by atoms with van der Waals surface area (Å²) in [5, 5.41) is 12.0. The first kappa shape index (κ1) is 22.6. The van der Waals surface area contributed by atoms with Crippen LogP contribution in [0.5, 0.6) is 0 Å². The van der Waals surface area contributed by atoms with Crippen LogP contribution >= 0.6 is 0 Å². The lowest BCUT2D eigenvalue weighted by Crippen LogP contribution is -2.62. The van der Waals surface area contributed by atoms with Gasteiger partial charge >= 0.3 is 12.1 Å². The summed E-state index contributed by atoms with van der Waals surface area (Å²) < 4.78 is 5.49. The molecule has 4 rings (SSSR count). The molecule has 0 spiro atoms. The minimum Gasteiger partial charge on any atom is -0.481 e. The highest BCUT2D eigenvalue weighted by molar-refractivity contribution is 5.95. The molecule has 172 valence electrons. The van der Waals surface area contributed by atoms with Crippen LogP contribution in [0.15, 0.2) is 60.2 Å². The number of carbonyl (C=O) groups excluding carboxylic acids is 2. The number of nitrogens with one attached hydrogen (secondary N) is 1. The molecule has 1 fully saturated rings. The van der Waals surface area contributed by atoms with E-state index < -0.39 is 17.5 Å². The molecule has 0 radical (unpaired) electrons. The van der Waals surface area contributed by atoms with E-state index in [1.807, 2.05) is 31.2 Å². The topological polar surface area (TPSA) is 95.9 Å². The zero-order valence-corrected chi connectivity index (χ0v) is 18.8. The maximum atomic E-state index is 12.5. The number of carboxylic acids is 1. The Hall–Kier alpha value is -3.61. The molecule has 7 nitrogen and oxygen atoms in total. The Morgan fingerprint density at radius 2 is 1.67 bits per heavy atom. The fourth-order valence-electron chi connectivity index (χ4n) is 4.61. The number of rotatable bonds is 7. The van der Waals surface area contributed by atoms with Crippen molar-refractivity contribution < 1.29 is 24.2 Å². The van der Waals surface area contributed by atoms with Crippen LogP contribution in [0.25, 0.3) is 11.1 Å². The second-order valence-electron chi connectivity index (χ2n) is 8.69. The summed E-state index contributed by atoms with van der Waals surface area (Å²) in [5.41, 5.74) is 4.25. The zero-order chi connectivity index (χ0) is 23.6. The van der Waals surface area contributed by atoms with Gasteiger partial charge in [0.25, 0.3) is 0 Å². The lowest BCUT2D eigenvalue weighted by atomic mass is 9.77. The van der Waals surface area contributed by atoms with Crippen molar-refractivity contribution in [2.24, 2.45) is 5.41 Å². The first-order valence-corrected chi connectivity index (χ1v) is 11.1. The van der Waals surface area contributed by atoms with E-state index in [1.54, 1.807) is 13.0 Å². The number of ether oxygens (including phenoxy) is 1. The Bertz CT molecular complexity index is 1070. The van der Waals surface area contributed by atoms with Gasteiger partial charge in [-0.2, -0.15) is 0 Å². The van der Waals surface area contributed by atoms with E-state index in [4.69, 9.17) is 4.74 Å². The number of nitrogens with zero attached hydrogens (tertiary/aromatic N) is 1. The van der Waals surface area contributed by atoms with Crippen molar-refractivity contribution in [2.75, 3.05) is 26.2 Å². The van der Waals surface area contributed by atoms with Crippen molar-refractivity contribution in [3.05, 3.63) is 71.3 Å². The van der Waals surface area contributed by atoms with E-state index in [0.29, 0.717) is 12.0 Å². The summed E-state index contributed by atoms with van der Waals surface area (Å²) in [6.45, 7) is 4.28. The van der Waals surface area contributed by atoms with Crippen LogP contribution in [0, 0.1) is 5.41 Å². The van der Waals surface area contributed by atoms with Crippen molar-refractivity contribution in [1.82, 2.24) is 10.2 Å². The van der Waals surface area contributed by atoms with Crippen molar-refractivity contribution in [3.8, 4) is 11.1 Å². The van der Waals surface area contributed by atoms with E-state index in [1.165, 1.54) is 16.0 Å². The van der Waals surface area contributed by atoms with Crippen LogP contribution in [0.2, 0.25) is 0 Å². The third-order valence-corrected chi connectivity index (χ3v) is 6.74. The predicted octanol–water partition coefficient (Wildman–Crippen LogP) is 3.79. The molecule has 1 saturated heterocycles. The van der Waals surface area contributed by atoms with Crippen LogP contribution in [0.3, 0.4) is 0 Å². The highest BCUT2D eigenvalue weighted by Gasteiger charge is 2.49. The zero-order valence-electron chi connectivity index (χ0n) is 18.8. The Morgan fingerprint density at radius 3 is 2.21 bits per heavy atom. The van der Waals surface area contributed by atoms with E-state index in [0.717, 1.165) is 11.1 Å². The number of likely N-dealkylation sites (tertiary alicyclic amines) is 1. The average molecular weight is 449 g/mol. The van der Waals surface area contributed by atoms with E-state index >= 15 is 0 Å². The Morgan fingerprint density at radius 1 is 1.09 bits per heavy atom. The molecule has 2 amide bonds. The summed E-state index contributed by atoms with van der Waals surface area (Å²) in [7, 11) is 0. The van der Waals surface area contributed by atoms with Crippen LogP contribution in [0.4, 0.5) is 4.79 Å². The van der Waals surface area contributed by atoms with Crippen LogP contribution in [-0.2, 0) is 14.3 Å². The standard InChI is InChI=1S/C26H28N2O5/c1-3-26(24(30)31)15-28(16-26)23(29)17(2)12-13-27-25(32)33-14-22-20-10-6-4-8-18(20)19-9-5-7-11-21(19)22/h4-12,22H,3,13-16H2,1-2H3,(H,27,32)(H,30,31)/b17-12+. The van der Waals surface area contributed by atoms with Crippen LogP contribution < -0.4 is 5.32 Å². The molecule has 2 aromatic carbocycles. The third kappa shape index (κ3) is 4.23. The Balaban J connectivity index is 1.28. The fourth-order valence-corrected chi connectivity index (χ4v) is 4.61. The summed E-state index contributed by atoms with van der Waals surface area (Å²) in [6, 6.07) is 16.3. The number of hydrogen-bond acceptors (Lipinski definition) is 4. The molecule has 33 heavy (non-hydrogen) atoms. The van der Waals surface area contributed by atoms with Gasteiger partial charge in [-0.25, -0.2) is 4.79 Å². The second kappa shape index (κ2) is 9.10. The molecule has 2 aliphatic rings. The highest BCUT2D eigenvalue weighted by atomic mass is 16.5. The lowest BCUT2D eigenvalue weighted by molar-refractivity contribution is -0.165. The molecule has 7 heteroatoms. The Kier molecular flexibility index (Phi) is 6.22. The van der Waals surface area contributed by atoms with Gasteiger partial charge in [-0.15, -0.1) is 0 Å². The molecule has 1 heterocycles. The summed E-state index contributed by atoms with van der Waals surface area (Å²) in [4.78, 5) is 37.7. The first-order valence-electron chi connectivity index (χ1n) is 11.1. The van der Waals surface area contributed by atoms with E-state index in [2.05, 4.69) is 29.6 Å². The van der Waals surface area contributed by atoms with E-state index in [-0.39, 0.29) is 38.1 Å². The van der Waals surface area contributed by atoms with Gasteiger partial charge in [-0.05, 0) is 35.6 Å². The Labute approximate surface area is 193 Å². The van der Waals surface area contributed by atoms with Gasteiger partial charge < -0.3 is 20.1 Å². The molecule has 0 atom stereocenters. The van der Waals surface area contributed by atoms with Gasteiger partial charge in [-0.3, -0.25) is 9.59 Å². The van der Waals surface area contributed by atoms with Gasteiger partial charge in [0, 0.05) is 31.1 Å². The number of carbonyl (C=O) groups is 3. The number of carboxylic acid groups (broad SMARTS) is 1. The van der Waals surface area contributed by atoms with Gasteiger partial charge in [0.1, 0.15) is 12.0 Å². The van der Waals surface area contributed by atoms with Crippen molar-refractivity contribution in [1.29, 1.82) is 0 Å². The van der Waals surface area contributed by atoms with Gasteiger partial charge in [0.2, 0.25) is 5.91 Å². The number of amides is 2. The van der Waals surface area contributed by atoms with Crippen LogP contribution in [0.1, 0.15) is 37.3 Å². The minimum atomic E-state index is -0.868. The number of fused-ring (bicyclic) bond motifs is 3. The maximum absolute atomic E-state index is 12.5. The first-order chi connectivity index (χ1) is 15.9. The maximum Gasteiger partial charge on any atom is 0.407 e. The molecule has 0 bridgehead atoms. The molecule has 2 N–H and O–H groups in total. The molecule has 1 aliphatic carbocycles. The fraction of sp³-hybridized carbons (Fsp3) is 0.346. The number of hydrogen-bond donors (Lipinski definition) is 2. The number of benzene rings is 2. The molecular weight excluding hydrogens is 420 g/mol. The summed E-state index contributed by atoms with van der Waals surface area (Å²) >= 11 is 0. The highest BCUT2D eigenvalue weighted by Crippen LogP contribution is 2.44.